The number of carbonyl (C=O) groups is 1. The van der Waals surface area contributed by atoms with Gasteiger partial charge < -0.3 is 14.4 Å². The molecular formula is C23H22FNO3S. The van der Waals surface area contributed by atoms with Crippen molar-refractivity contribution in [3.8, 4) is 21.9 Å². The Labute approximate surface area is 173 Å². The van der Waals surface area contributed by atoms with E-state index < -0.39 is 0 Å². The Hall–Kier alpha value is -2.86. The van der Waals surface area contributed by atoms with Crippen molar-refractivity contribution < 1.29 is 18.7 Å². The third-order valence-electron chi connectivity index (χ3n) is 4.97. The molecule has 0 unspecified atom stereocenters. The number of benzene rings is 2. The lowest BCUT2D eigenvalue weighted by atomic mass is 10.1. The van der Waals surface area contributed by atoms with E-state index in [9.17, 15) is 9.18 Å². The molecule has 0 N–H and O–H groups in total. The van der Waals surface area contributed by atoms with E-state index in [1.807, 2.05) is 6.07 Å². The summed E-state index contributed by atoms with van der Waals surface area (Å²) in [4.78, 5) is 17.1. The number of halogens is 1. The summed E-state index contributed by atoms with van der Waals surface area (Å²) < 4.78 is 24.7. The first-order valence-electron chi connectivity index (χ1n) is 9.46. The minimum absolute atomic E-state index is 0.00982. The van der Waals surface area contributed by atoms with Crippen molar-refractivity contribution in [1.82, 2.24) is 4.90 Å². The molecule has 2 heterocycles. The van der Waals surface area contributed by atoms with E-state index in [1.165, 1.54) is 17.0 Å². The number of hydrogen-bond donors (Lipinski definition) is 0. The van der Waals surface area contributed by atoms with Crippen LogP contribution in [0.1, 0.15) is 16.0 Å². The molecule has 150 valence electrons. The summed E-state index contributed by atoms with van der Waals surface area (Å²) in [6.07, 6.45) is 0.233. The van der Waals surface area contributed by atoms with Gasteiger partial charge in [0, 0.05) is 21.9 Å². The lowest BCUT2D eigenvalue weighted by Crippen LogP contribution is -2.33. The van der Waals surface area contributed by atoms with Crippen molar-refractivity contribution in [3.05, 3.63) is 70.4 Å². The standard InChI is InChI=1S/C23H22FNO3S/c1-15-3-8-21(29-15)17-12-18-14-25(9-10-28-23(18)20(13-17)27-2)22(26)11-16-4-6-19(24)7-5-16/h3-8,12-13H,9-11,14H2,1-2H3. The second-order valence-electron chi connectivity index (χ2n) is 7.04. The third kappa shape index (κ3) is 4.27. The molecule has 0 bridgehead atoms. The summed E-state index contributed by atoms with van der Waals surface area (Å²) in [6.45, 7) is 3.42. The average Bonchev–Trinajstić information content (AvgIpc) is 3.03. The summed E-state index contributed by atoms with van der Waals surface area (Å²) >= 11 is 1.72. The van der Waals surface area contributed by atoms with E-state index >= 15 is 0 Å². The summed E-state index contributed by atoms with van der Waals surface area (Å²) in [6, 6.07) is 14.3. The molecule has 0 saturated heterocycles. The van der Waals surface area contributed by atoms with Gasteiger partial charge in [0.05, 0.1) is 20.1 Å². The van der Waals surface area contributed by atoms with Crippen LogP contribution in [0.15, 0.2) is 48.5 Å². The van der Waals surface area contributed by atoms with Crippen molar-refractivity contribution in [2.45, 2.75) is 19.9 Å². The highest BCUT2D eigenvalue weighted by atomic mass is 32.1. The van der Waals surface area contributed by atoms with Gasteiger partial charge in [0.25, 0.3) is 0 Å². The number of aryl methyl sites for hydroxylation is 1. The Balaban J connectivity index is 1.61. The number of ether oxygens (including phenoxy) is 2. The third-order valence-corrected chi connectivity index (χ3v) is 6.02. The van der Waals surface area contributed by atoms with Crippen LogP contribution in [0, 0.1) is 12.7 Å². The van der Waals surface area contributed by atoms with Crippen LogP contribution in [0.5, 0.6) is 11.5 Å². The number of nitrogens with zero attached hydrogens (tertiary/aromatic N) is 1. The molecule has 1 aliphatic rings. The van der Waals surface area contributed by atoms with Crippen LogP contribution in [0.4, 0.5) is 4.39 Å². The summed E-state index contributed by atoms with van der Waals surface area (Å²) in [5.74, 6) is 1.06. The Morgan fingerprint density at radius 2 is 2.00 bits per heavy atom. The Morgan fingerprint density at radius 3 is 2.69 bits per heavy atom. The lowest BCUT2D eigenvalue weighted by Gasteiger charge is -2.20. The minimum atomic E-state index is -0.304. The second-order valence-corrected chi connectivity index (χ2v) is 8.33. The van der Waals surface area contributed by atoms with E-state index in [4.69, 9.17) is 9.47 Å². The van der Waals surface area contributed by atoms with E-state index in [1.54, 1.807) is 35.5 Å². The first-order chi connectivity index (χ1) is 14.0. The second kappa shape index (κ2) is 8.25. The fourth-order valence-electron chi connectivity index (χ4n) is 3.47. The molecule has 0 aliphatic carbocycles. The van der Waals surface area contributed by atoms with Gasteiger partial charge in [-0.15, -0.1) is 11.3 Å². The Bertz CT molecular complexity index is 1030. The molecule has 0 saturated carbocycles. The quantitative estimate of drug-likeness (QED) is 0.617. The zero-order valence-electron chi connectivity index (χ0n) is 16.4. The van der Waals surface area contributed by atoms with Crippen LogP contribution in [0.25, 0.3) is 10.4 Å². The highest BCUT2D eigenvalue weighted by Gasteiger charge is 2.23. The molecule has 1 aromatic heterocycles. The van der Waals surface area contributed by atoms with Gasteiger partial charge in [-0.1, -0.05) is 12.1 Å². The first-order valence-corrected chi connectivity index (χ1v) is 10.3. The van der Waals surface area contributed by atoms with E-state index in [0.29, 0.717) is 31.2 Å². The molecule has 1 amide bonds. The average molecular weight is 411 g/mol. The largest absolute Gasteiger partial charge is 0.493 e. The van der Waals surface area contributed by atoms with Gasteiger partial charge in [-0.3, -0.25) is 4.79 Å². The maximum absolute atomic E-state index is 13.1. The molecule has 0 atom stereocenters. The zero-order chi connectivity index (χ0) is 20.4. The van der Waals surface area contributed by atoms with Gasteiger partial charge in [0.2, 0.25) is 5.91 Å². The van der Waals surface area contributed by atoms with Crippen LogP contribution >= 0.6 is 11.3 Å². The topological polar surface area (TPSA) is 38.8 Å². The zero-order valence-corrected chi connectivity index (χ0v) is 17.2. The van der Waals surface area contributed by atoms with Crippen LogP contribution in [0.2, 0.25) is 0 Å². The summed E-state index contributed by atoms with van der Waals surface area (Å²) in [5, 5.41) is 0. The minimum Gasteiger partial charge on any atom is -0.493 e. The lowest BCUT2D eigenvalue weighted by molar-refractivity contribution is -0.131. The van der Waals surface area contributed by atoms with Crippen LogP contribution < -0.4 is 9.47 Å². The van der Waals surface area contributed by atoms with E-state index in [2.05, 4.69) is 25.1 Å². The van der Waals surface area contributed by atoms with E-state index in [0.717, 1.165) is 21.6 Å². The monoisotopic (exact) mass is 411 g/mol. The SMILES string of the molecule is COc1cc(-c2ccc(C)s2)cc2c1OCCN(C(=O)Cc1ccc(F)cc1)C2. The van der Waals surface area contributed by atoms with Crippen molar-refractivity contribution in [2.24, 2.45) is 0 Å². The smallest absolute Gasteiger partial charge is 0.227 e. The van der Waals surface area contributed by atoms with E-state index in [-0.39, 0.29) is 18.1 Å². The number of amides is 1. The van der Waals surface area contributed by atoms with Gasteiger partial charge in [-0.25, -0.2) is 4.39 Å². The number of fused-ring (bicyclic) bond motifs is 1. The number of carbonyl (C=O) groups excluding carboxylic acids is 1. The number of methoxy groups -OCH3 is 1. The van der Waals surface area contributed by atoms with Crippen LogP contribution in [-0.2, 0) is 17.8 Å². The summed E-state index contributed by atoms with van der Waals surface area (Å²) in [7, 11) is 1.63. The van der Waals surface area contributed by atoms with Gasteiger partial charge in [0.15, 0.2) is 11.5 Å². The van der Waals surface area contributed by atoms with Crippen molar-refractivity contribution in [2.75, 3.05) is 20.3 Å². The molecule has 2 aromatic carbocycles. The highest BCUT2D eigenvalue weighted by molar-refractivity contribution is 7.15. The molecule has 0 radical (unpaired) electrons. The van der Waals surface area contributed by atoms with Crippen molar-refractivity contribution in [1.29, 1.82) is 0 Å². The molecule has 0 fully saturated rings. The number of rotatable bonds is 4. The molecular weight excluding hydrogens is 389 g/mol. The van der Waals surface area contributed by atoms with Gasteiger partial charge in [0.1, 0.15) is 12.4 Å². The van der Waals surface area contributed by atoms with Crippen molar-refractivity contribution >= 4 is 17.2 Å². The van der Waals surface area contributed by atoms with Gasteiger partial charge in [-0.2, -0.15) is 0 Å². The van der Waals surface area contributed by atoms with Crippen molar-refractivity contribution in [3.63, 3.8) is 0 Å². The number of hydrogen-bond acceptors (Lipinski definition) is 4. The predicted octanol–water partition coefficient (Wildman–Crippen LogP) is 4.83. The van der Waals surface area contributed by atoms with Gasteiger partial charge >= 0.3 is 0 Å². The first kappa shape index (κ1) is 19.5. The molecule has 6 heteroatoms. The molecule has 29 heavy (non-hydrogen) atoms. The maximum Gasteiger partial charge on any atom is 0.227 e. The number of thiophene rings is 1. The van der Waals surface area contributed by atoms with Crippen LogP contribution in [-0.4, -0.2) is 31.1 Å². The summed E-state index contributed by atoms with van der Waals surface area (Å²) in [5.41, 5.74) is 2.77. The Morgan fingerprint density at radius 1 is 1.21 bits per heavy atom. The molecule has 3 aromatic rings. The Kier molecular flexibility index (Phi) is 5.53. The normalized spacial score (nSPS) is 13.4. The van der Waals surface area contributed by atoms with Gasteiger partial charge in [-0.05, 0) is 54.4 Å². The fourth-order valence-corrected chi connectivity index (χ4v) is 4.32. The van der Waals surface area contributed by atoms with Crippen LogP contribution in [0.3, 0.4) is 0 Å². The molecule has 4 nitrogen and oxygen atoms in total. The fraction of sp³-hybridized carbons (Fsp3) is 0.261. The molecule has 0 spiro atoms. The highest BCUT2D eigenvalue weighted by Crippen LogP contribution is 2.40. The predicted molar refractivity (Wildman–Crippen MR) is 112 cm³/mol. The maximum atomic E-state index is 13.1. The molecule has 4 rings (SSSR count). The molecule has 1 aliphatic heterocycles.